The largest absolute Gasteiger partial charge is 0.480 e. The molecular formula is C12H17F2NO4. The van der Waals surface area contributed by atoms with Crippen molar-refractivity contribution in [3.63, 3.8) is 0 Å². The summed E-state index contributed by atoms with van der Waals surface area (Å²) in [5.74, 6) is -5.99. The smallest absolute Gasteiger partial charge is 0.411 e. The Morgan fingerprint density at radius 1 is 1.32 bits per heavy atom. The van der Waals surface area contributed by atoms with Crippen LogP contribution in [-0.2, 0) is 9.53 Å². The molecule has 0 bridgehead atoms. The highest BCUT2D eigenvalue weighted by Crippen LogP contribution is 2.60. The van der Waals surface area contributed by atoms with E-state index in [1.54, 1.807) is 20.8 Å². The predicted octanol–water partition coefficient (Wildman–Crippen LogP) is 1.96. The lowest BCUT2D eigenvalue weighted by Crippen LogP contribution is -2.50. The van der Waals surface area contributed by atoms with Crippen LogP contribution >= 0.6 is 0 Å². The second-order valence-electron chi connectivity index (χ2n) is 6.11. The van der Waals surface area contributed by atoms with Gasteiger partial charge in [-0.1, -0.05) is 0 Å². The predicted molar refractivity (Wildman–Crippen MR) is 60.9 cm³/mol. The van der Waals surface area contributed by atoms with Gasteiger partial charge < -0.3 is 9.84 Å². The van der Waals surface area contributed by atoms with Gasteiger partial charge >= 0.3 is 12.1 Å². The van der Waals surface area contributed by atoms with E-state index >= 15 is 0 Å². The van der Waals surface area contributed by atoms with Gasteiger partial charge in [0, 0.05) is 18.4 Å². The summed E-state index contributed by atoms with van der Waals surface area (Å²) in [4.78, 5) is 23.9. The Morgan fingerprint density at radius 2 is 1.89 bits per heavy atom. The van der Waals surface area contributed by atoms with E-state index in [1.807, 2.05) is 0 Å². The number of carboxylic acids is 1. The molecule has 2 aliphatic rings. The van der Waals surface area contributed by atoms with Crippen LogP contribution in [0.3, 0.4) is 0 Å². The van der Waals surface area contributed by atoms with Crippen molar-refractivity contribution >= 4 is 12.1 Å². The zero-order valence-corrected chi connectivity index (χ0v) is 11.0. The molecule has 1 saturated heterocycles. The lowest BCUT2D eigenvalue weighted by Gasteiger charge is -2.33. The van der Waals surface area contributed by atoms with Gasteiger partial charge in [0.25, 0.3) is 5.92 Å². The number of aliphatic carboxylic acids is 1. The fourth-order valence-corrected chi connectivity index (χ4v) is 2.49. The molecule has 1 saturated carbocycles. The van der Waals surface area contributed by atoms with Crippen LogP contribution in [0.4, 0.5) is 13.6 Å². The van der Waals surface area contributed by atoms with Crippen LogP contribution in [-0.4, -0.2) is 46.2 Å². The lowest BCUT2D eigenvalue weighted by atomic mass is 10.0. The summed E-state index contributed by atoms with van der Waals surface area (Å²) in [5, 5.41) is 9.07. The maximum Gasteiger partial charge on any atom is 0.411 e. The molecule has 3 unspecified atom stereocenters. The minimum absolute atomic E-state index is 0.216. The van der Waals surface area contributed by atoms with Crippen LogP contribution in [0.25, 0.3) is 0 Å². The van der Waals surface area contributed by atoms with Crippen molar-refractivity contribution in [3.05, 3.63) is 0 Å². The van der Waals surface area contributed by atoms with E-state index in [9.17, 15) is 18.4 Å². The molecule has 0 aromatic heterocycles. The van der Waals surface area contributed by atoms with Gasteiger partial charge in [-0.05, 0) is 27.2 Å². The molecule has 1 heterocycles. The summed E-state index contributed by atoms with van der Waals surface area (Å²) in [6, 6.07) is -1.23. The van der Waals surface area contributed by atoms with Gasteiger partial charge in [0.2, 0.25) is 0 Å². The summed E-state index contributed by atoms with van der Waals surface area (Å²) in [6.45, 7) is 4.65. The van der Waals surface area contributed by atoms with E-state index in [0.717, 1.165) is 4.90 Å². The Hall–Kier alpha value is -1.40. The number of alkyl halides is 2. The van der Waals surface area contributed by atoms with Crippen molar-refractivity contribution in [2.24, 2.45) is 11.8 Å². The first kappa shape index (κ1) is 14.0. The van der Waals surface area contributed by atoms with Crippen LogP contribution in [0.15, 0.2) is 0 Å². The first-order valence-electron chi connectivity index (χ1n) is 6.14. The number of piperidine rings is 1. The number of likely N-dealkylation sites (tertiary alicyclic amines) is 1. The molecule has 1 aliphatic heterocycles. The summed E-state index contributed by atoms with van der Waals surface area (Å²) in [7, 11) is 0. The van der Waals surface area contributed by atoms with Gasteiger partial charge in [0.1, 0.15) is 11.6 Å². The third-order valence-corrected chi connectivity index (χ3v) is 3.53. The average molecular weight is 277 g/mol. The molecule has 0 spiro atoms. The highest BCUT2D eigenvalue weighted by molar-refractivity contribution is 5.80. The summed E-state index contributed by atoms with van der Waals surface area (Å²) in [6.07, 6.45) is -1.06. The minimum atomic E-state index is -2.86. The van der Waals surface area contributed by atoms with Crippen molar-refractivity contribution in [2.45, 2.75) is 44.8 Å². The van der Waals surface area contributed by atoms with Crippen LogP contribution in [0.5, 0.6) is 0 Å². The standard InChI is InChI=1S/C12H17F2NO4/c1-11(2,3)19-10(18)15-5-7-6(12(7,13)14)4-8(15)9(16)17/h6-8H,4-5H2,1-3H3,(H,16,17). The monoisotopic (exact) mass is 277 g/mol. The number of hydrogen-bond donors (Lipinski definition) is 1. The molecule has 1 amide bonds. The van der Waals surface area contributed by atoms with Gasteiger partial charge in [-0.3, -0.25) is 4.90 Å². The zero-order valence-electron chi connectivity index (χ0n) is 11.0. The second kappa shape index (κ2) is 4.05. The van der Waals surface area contributed by atoms with Crippen LogP contribution < -0.4 is 0 Å². The van der Waals surface area contributed by atoms with E-state index < -0.39 is 41.5 Å². The molecule has 7 heteroatoms. The fraction of sp³-hybridized carbons (Fsp3) is 0.833. The maximum absolute atomic E-state index is 13.3. The highest BCUT2D eigenvalue weighted by atomic mass is 19.3. The van der Waals surface area contributed by atoms with Crippen molar-refractivity contribution in [2.75, 3.05) is 6.54 Å². The van der Waals surface area contributed by atoms with E-state index in [1.165, 1.54) is 0 Å². The van der Waals surface area contributed by atoms with Crippen molar-refractivity contribution in [1.82, 2.24) is 4.90 Å². The molecule has 1 N–H and O–H groups in total. The number of carbonyl (C=O) groups is 2. The third kappa shape index (κ3) is 2.50. The van der Waals surface area contributed by atoms with Crippen LogP contribution in [0, 0.1) is 11.8 Å². The zero-order chi connectivity index (χ0) is 14.6. The quantitative estimate of drug-likeness (QED) is 0.795. The van der Waals surface area contributed by atoms with E-state index in [-0.39, 0.29) is 13.0 Å². The molecule has 2 fully saturated rings. The summed E-state index contributed by atoms with van der Waals surface area (Å²) >= 11 is 0. The molecular weight excluding hydrogens is 260 g/mol. The number of amides is 1. The molecule has 3 atom stereocenters. The number of hydrogen-bond acceptors (Lipinski definition) is 3. The Kier molecular flexibility index (Phi) is 2.98. The number of nitrogens with zero attached hydrogens (tertiary/aromatic N) is 1. The Bertz CT molecular complexity index is 418. The lowest BCUT2D eigenvalue weighted by molar-refractivity contribution is -0.144. The normalized spacial score (nSPS) is 32.5. The Labute approximate surface area is 109 Å². The molecule has 0 radical (unpaired) electrons. The number of ether oxygens (including phenoxy) is 1. The van der Waals surface area contributed by atoms with E-state index in [2.05, 4.69) is 0 Å². The second-order valence-corrected chi connectivity index (χ2v) is 6.11. The topological polar surface area (TPSA) is 66.8 Å². The first-order chi connectivity index (χ1) is 8.54. The maximum atomic E-state index is 13.3. The average Bonchev–Trinajstić information content (AvgIpc) is 2.77. The van der Waals surface area contributed by atoms with Crippen molar-refractivity contribution in [3.8, 4) is 0 Å². The number of fused-ring (bicyclic) bond motifs is 1. The summed E-state index contributed by atoms with van der Waals surface area (Å²) < 4.78 is 31.8. The van der Waals surface area contributed by atoms with Crippen LogP contribution in [0.1, 0.15) is 27.2 Å². The van der Waals surface area contributed by atoms with Gasteiger partial charge in [-0.25, -0.2) is 18.4 Å². The Morgan fingerprint density at radius 3 is 2.37 bits per heavy atom. The number of carboxylic acid groups (broad SMARTS) is 1. The molecule has 0 aromatic rings. The molecule has 0 aromatic carbocycles. The van der Waals surface area contributed by atoms with Crippen molar-refractivity contribution < 1.29 is 28.2 Å². The van der Waals surface area contributed by atoms with Crippen LogP contribution in [0.2, 0.25) is 0 Å². The van der Waals surface area contributed by atoms with E-state index in [0.29, 0.717) is 0 Å². The van der Waals surface area contributed by atoms with E-state index in [4.69, 9.17) is 9.84 Å². The van der Waals surface area contributed by atoms with Gasteiger partial charge in [-0.2, -0.15) is 0 Å². The molecule has 19 heavy (non-hydrogen) atoms. The number of halogens is 2. The summed E-state index contributed by atoms with van der Waals surface area (Å²) in [5.41, 5.74) is -0.789. The first-order valence-corrected chi connectivity index (χ1v) is 6.14. The molecule has 2 rings (SSSR count). The SMILES string of the molecule is CC(C)(C)OC(=O)N1CC2C(CC1C(=O)O)C2(F)F. The fourth-order valence-electron chi connectivity index (χ4n) is 2.49. The Balaban J connectivity index is 2.13. The number of carbonyl (C=O) groups excluding carboxylic acids is 1. The van der Waals surface area contributed by atoms with Gasteiger partial charge in [-0.15, -0.1) is 0 Å². The number of rotatable bonds is 1. The molecule has 1 aliphatic carbocycles. The molecule has 5 nitrogen and oxygen atoms in total. The van der Waals surface area contributed by atoms with Crippen molar-refractivity contribution in [1.29, 1.82) is 0 Å². The minimum Gasteiger partial charge on any atom is -0.480 e. The van der Waals surface area contributed by atoms with Gasteiger partial charge in [0.15, 0.2) is 0 Å². The third-order valence-electron chi connectivity index (χ3n) is 3.53. The molecule has 108 valence electrons. The van der Waals surface area contributed by atoms with Gasteiger partial charge in [0.05, 0.1) is 0 Å². The highest BCUT2D eigenvalue weighted by Gasteiger charge is 2.71.